The summed E-state index contributed by atoms with van der Waals surface area (Å²) in [5.74, 6) is -0.135. The molecule has 1 amide bonds. The monoisotopic (exact) mass is 345 g/mol. The van der Waals surface area contributed by atoms with Crippen LogP contribution < -0.4 is 5.43 Å². The van der Waals surface area contributed by atoms with Crippen LogP contribution >= 0.6 is 0 Å². The molecule has 0 fully saturated rings. The summed E-state index contributed by atoms with van der Waals surface area (Å²) in [6.07, 6.45) is 1.67. The highest BCUT2D eigenvalue weighted by Gasteiger charge is 2.42. The second-order valence-corrected chi connectivity index (χ2v) is 6.73. The lowest BCUT2D eigenvalue weighted by atomic mass is 9.97. The molecule has 0 saturated carbocycles. The van der Waals surface area contributed by atoms with E-state index in [1.807, 2.05) is 50.2 Å². The third-order valence-electron chi connectivity index (χ3n) is 4.84. The lowest BCUT2D eigenvalue weighted by Gasteiger charge is -2.23. The predicted octanol–water partition coefficient (Wildman–Crippen LogP) is 4.14. The maximum absolute atomic E-state index is 13.3. The van der Waals surface area contributed by atoms with Gasteiger partial charge in [-0.1, -0.05) is 47.5 Å². The van der Waals surface area contributed by atoms with E-state index in [9.17, 15) is 9.59 Å². The fourth-order valence-electron chi connectivity index (χ4n) is 3.56. The van der Waals surface area contributed by atoms with Crippen molar-refractivity contribution in [2.24, 2.45) is 0 Å². The van der Waals surface area contributed by atoms with Crippen LogP contribution in [0.2, 0.25) is 0 Å². The van der Waals surface area contributed by atoms with E-state index in [0.717, 1.165) is 16.7 Å². The minimum atomic E-state index is -0.461. The predicted molar refractivity (Wildman–Crippen MR) is 101 cm³/mol. The van der Waals surface area contributed by atoms with Gasteiger partial charge in [0.05, 0.1) is 17.0 Å². The quantitative estimate of drug-likeness (QED) is 0.670. The molecule has 0 spiro atoms. The summed E-state index contributed by atoms with van der Waals surface area (Å²) in [6.45, 7) is 8.03. The molecule has 3 aromatic rings. The first kappa shape index (κ1) is 16.3. The molecule has 0 N–H and O–H groups in total. The minimum Gasteiger partial charge on any atom is -0.450 e. The molecular weight excluding hydrogens is 326 g/mol. The number of carbonyl (C=O) groups excluding carboxylic acids is 1. The van der Waals surface area contributed by atoms with E-state index >= 15 is 0 Å². The molecule has 26 heavy (non-hydrogen) atoms. The molecule has 1 aromatic heterocycles. The van der Waals surface area contributed by atoms with Gasteiger partial charge in [0.25, 0.3) is 5.91 Å². The summed E-state index contributed by atoms with van der Waals surface area (Å²) in [7, 11) is 0. The second-order valence-electron chi connectivity index (χ2n) is 6.73. The first-order valence-electron chi connectivity index (χ1n) is 8.57. The van der Waals surface area contributed by atoms with Crippen LogP contribution in [0, 0.1) is 13.8 Å². The molecule has 4 nitrogen and oxygen atoms in total. The van der Waals surface area contributed by atoms with Crippen LogP contribution in [0.3, 0.4) is 0 Å². The Balaban J connectivity index is 2.02. The van der Waals surface area contributed by atoms with Gasteiger partial charge in [-0.15, -0.1) is 6.58 Å². The van der Waals surface area contributed by atoms with Crippen LogP contribution in [0.15, 0.2) is 64.3 Å². The Morgan fingerprint density at radius 2 is 1.77 bits per heavy atom. The van der Waals surface area contributed by atoms with Crippen LogP contribution in [0.5, 0.6) is 0 Å². The first-order valence-corrected chi connectivity index (χ1v) is 8.57. The van der Waals surface area contributed by atoms with Gasteiger partial charge in [-0.2, -0.15) is 0 Å². The Morgan fingerprint density at radius 1 is 1.08 bits per heavy atom. The summed E-state index contributed by atoms with van der Waals surface area (Å²) >= 11 is 0. The number of nitrogens with zero attached hydrogens (tertiary/aromatic N) is 1. The van der Waals surface area contributed by atoms with Gasteiger partial charge in [0.15, 0.2) is 5.43 Å². The molecule has 0 saturated heterocycles. The van der Waals surface area contributed by atoms with Crippen molar-refractivity contribution in [2.75, 3.05) is 6.54 Å². The van der Waals surface area contributed by atoms with E-state index in [2.05, 4.69) is 6.58 Å². The third kappa shape index (κ3) is 2.37. The Morgan fingerprint density at radius 3 is 2.46 bits per heavy atom. The lowest BCUT2D eigenvalue weighted by Crippen LogP contribution is -2.29. The molecule has 2 aromatic carbocycles. The number of hydrogen-bond donors (Lipinski definition) is 0. The van der Waals surface area contributed by atoms with Crippen molar-refractivity contribution in [2.45, 2.75) is 19.9 Å². The topological polar surface area (TPSA) is 50.5 Å². The van der Waals surface area contributed by atoms with Crippen molar-refractivity contribution in [3.63, 3.8) is 0 Å². The molecule has 4 rings (SSSR count). The molecule has 1 atom stereocenters. The van der Waals surface area contributed by atoms with Crippen molar-refractivity contribution in [3.8, 4) is 0 Å². The summed E-state index contributed by atoms with van der Waals surface area (Å²) in [6, 6.07) is 12.8. The zero-order valence-corrected chi connectivity index (χ0v) is 14.8. The maximum atomic E-state index is 13.3. The van der Waals surface area contributed by atoms with Gasteiger partial charge in [0, 0.05) is 6.54 Å². The second kappa shape index (κ2) is 5.99. The van der Waals surface area contributed by atoms with Gasteiger partial charge in [0.1, 0.15) is 5.58 Å². The maximum Gasteiger partial charge on any atom is 0.291 e. The Hall–Kier alpha value is -3.14. The highest BCUT2D eigenvalue weighted by atomic mass is 16.3. The molecule has 2 heterocycles. The van der Waals surface area contributed by atoms with Gasteiger partial charge < -0.3 is 9.32 Å². The standard InChI is InChI=1S/C22H19NO3/c1-4-11-23-19(15-8-5-13(2)6-9-15)18-20(24)16-12-14(3)7-10-17(16)26-21(18)22(23)25/h4-10,12,19H,1,11H2,2-3H3/t19-/m1/s1. The fraction of sp³-hybridized carbons (Fsp3) is 0.182. The highest BCUT2D eigenvalue weighted by Crippen LogP contribution is 2.38. The highest BCUT2D eigenvalue weighted by molar-refractivity contribution is 5.99. The Kier molecular flexibility index (Phi) is 3.76. The number of rotatable bonds is 3. The number of aryl methyl sites for hydroxylation is 2. The van der Waals surface area contributed by atoms with E-state index in [1.165, 1.54) is 0 Å². The Labute approximate surface area is 151 Å². The SMILES string of the molecule is C=CCN1C(=O)c2oc3ccc(C)cc3c(=O)c2[C@H]1c1ccc(C)cc1. The lowest BCUT2D eigenvalue weighted by molar-refractivity contribution is 0.0748. The van der Waals surface area contributed by atoms with Gasteiger partial charge in [-0.25, -0.2) is 0 Å². The normalized spacial score (nSPS) is 16.2. The largest absolute Gasteiger partial charge is 0.450 e. The number of benzene rings is 2. The van der Waals surface area contributed by atoms with E-state index in [4.69, 9.17) is 4.42 Å². The average Bonchev–Trinajstić information content (AvgIpc) is 2.90. The van der Waals surface area contributed by atoms with Gasteiger partial charge in [-0.05, 0) is 31.5 Å². The van der Waals surface area contributed by atoms with E-state index in [-0.39, 0.29) is 17.1 Å². The number of fused-ring (bicyclic) bond motifs is 2. The molecule has 130 valence electrons. The molecule has 0 bridgehead atoms. The zero-order valence-electron chi connectivity index (χ0n) is 14.8. The van der Waals surface area contributed by atoms with E-state index < -0.39 is 6.04 Å². The van der Waals surface area contributed by atoms with Crippen molar-refractivity contribution >= 4 is 16.9 Å². The van der Waals surface area contributed by atoms with Gasteiger partial charge >= 0.3 is 0 Å². The molecule has 1 aliphatic rings. The van der Waals surface area contributed by atoms with Crippen LogP contribution in [0.1, 0.15) is 38.9 Å². The number of hydrogen-bond acceptors (Lipinski definition) is 3. The summed E-state index contributed by atoms with van der Waals surface area (Å²) in [5.41, 5.74) is 3.70. The zero-order chi connectivity index (χ0) is 18.4. The number of amides is 1. The third-order valence-corrected chi connectivity index (χ3v) is 4.84. The smallest absolute Gasteiger partial charge is 0.291 e. The Bertz CT molecular complexity index is 1090. The molecule has 1 aliphatic heterocycles. The van der Waals surface area contributed by atoms with E-state index in [1.54, 1.807) is 17.0 Å². The first-order chi connectivity index (χ1) is 12.5. The van der Waals surface area contributed by atoms with Gasteiger partial charge in [-0.3, -0.25) is 9.59 Å². The van der Waals surface area contributed by atoms with Crippen LogP contribution in [0.4, 0.5) is 0 Å². The summed E-state index contributed by atoms with van der Waals surface area (Å²) < 4.78 is 5.88. The van der Waals surface area contributed by atoms with E-state index in [0.29, 0.717) is 23.1 Å². The molecular formula is C22H19NO3. The molecule has 4 heteroatoms. The minimum absolute atomic E-state index is 0.138. The van der Waals surface area contributed by atoms with Crippen molar-refractivity contribution in [3.05, 3.63) is 93.4 Å². The van der Waals surface area contributed by atoms with Gasteiger partial charge in [0.2, 0.25) is 5.76 Å². The molecule has 0 radical (unpaired) electrons. The van der Waals surface area contributed by atoms with Crippen LogP contribution in [-0.4, -0.2) is 17.4 Å². The van der Waals surface area contributed by atoms with Crippen LogP contribution in [-0.2, 0) is 0 Å². The molecule has 0 aliphatic carbocycles. The van der Waals surface area contributed by atoms with Crippen LogP contribution in [0.25, 0.3) is 11.0 Å². The number of carbonyl (C=O) groups is 1. The average molecular weight is 345 g/mol. The molecule has 0 unspecified atom stereocenters. The summed E-state index contributed by atoms with van der Waals surface area (Å²) in [5, 5.41) is 0.508. The van der Waals surface area contributed by atoms with Crippen molar-refractivity contribution in [1.29, 1.82) is 0 Å². The summed E-state index contributed by atoms with van der Waals surface area (Å²) in [4.78, 5) is 27.8. The van der Waals surface area contributed by atoms with Crippen molar-refractivity contribution < 1.29 is 9.21 Å². The fourth-order valence-corrected chi connectivity index (χ4v) is 3.56. The van der Waals surface area contributed by atoms with Crippen molar-refractivity contribution in [1.82, 2.24) is 4.90 Å².